The third-order valence-corrected chi connectivity index (χ3v) is 3.82. The lowest BCUT2D eigenvalue weighted by atomic mass is 10.1. The summed E-state index contributed by atoms with van der Waals surface area (Å²) in [5.74, 6) is 0. The average Bonchev–Trinajstić information content (AvgIpc) is 2.28. The molecular formula is C7H17N3O2S. The molecule has 1 rings (SSSR count). The van der Waals surface area contributed by atoms with E-state index in [9.17, 15) is 8.42 Å². The lowest BCUT2D eigenvalue weighted by Gasteiger charge is -2.26. The van der Waals surface area contributed by atoms with Gasteiger partial charge in [-0.15, -0.1) is 0 Å². The highest BCUT2D eigenvalue weighted by Gasteiger charge is 2.37. The first kappa shape index (κ1) is 10.9. The second-order valence-corrected chi connectivity index (χ2v) is 5.21. The molecule has 0 aliphatic carbocycles. The zero-order valence-electron chi connectivity index (χ0n) is 8.27. The van der Waals surface area contributed by atoms with Crippen molar-refractivity contribution in [2.75, 3.05) is 20.6 Å². The van der Waals surface area contributed by atoms with Crippen LogP contribution in [0.5, 0.6) is 0 Å². The van der Waals surface area contributed by atoms with Crippen molar-refractivity contribution in [2.45, 2.75) is 25.4 Å². The van der Waals surface area contributed by atoms with Crippen LogP contribution < -0.4 is 5.14 Å². The summed E-state index contributed by atoms with van der Waals surface area (Å²) in [6.45, 7) is 2.42. The summed E-state index contributed by atoms with van der Waals surface area (Å²) in [7, 11) is 0.393. The first-order chi connectivity index (χ1) is 5.84. The van der Waals surface area contributed by atoms with E-state index in [0.717, 1.165) is 6.42 Å². The molecule has 1 fully saturated rings. The predicted octanol–water partition coefficient (Wildman–Crippen LogP) is -0.786. The predicted molar refractivity (Wildman–Crippen MR) is 51.4 cm³/mol. The zero-order valence-corrected chi connectivity index (χ0v) is 9.08. The van der Waals surface area contributed by atoms with Crippen LogP contribution in [0.3, 0.4) is 0 Å². The third kappa shape index (κ3) is 2.19. The van der Waals surface area contributed by atoms with Crippen LogP contribution in [-0.2, 0) is 10.2 Å². The SMILES string of the molecule is CC1C(N(C)C)CCN1S(N)(=O)=O. The van der Waals surface area contributed by atoms with Gasteiger partial charge in [0.2, 0.25) is 0 Å². The van der Waals surface area contributed by atoms with Crippen LogP contribution >= 0.6 is 0 Å². The van der Waals surface area contributed by atoms with E-state index in [1.54, 1.807) is 0 Å². The molecule has 1 aliphatic rings. The number of hydrogen-bond donors (Lipinski definition) is 1. The van der Waals surface area contributed by atoms with E-state index in [2.05, 4.69) is 0 Å². The van der Waals surface area contributed by atoms with Crippen molar-refractivity contribution in [3.63, 3.8) is 0 Å². The van der Waals surface area contributed by atoms with Crippen molar-refractivity contribution in [2.24, 2.45) is 5.14 Å². The Balaban J connectivity index is 2.77. The Labute approximate surface area is 79.7 Å². The van der Waals surface area contributed by atoms with Crippen LogP contribution in [0.15, 0.2) is 0 Å². The fourth-order valence-electron chi connectivity index (χ4n) is 1.94. The lowest BCUT2D eigenvalue weighted by Crippen LogP contribution is -2.44. The number of nitrogens with zero attached hydrogens (tertiary/aromatic N) is 2. The molecule has 1 aliphatic heterocycles. The van der Waals surface area contributed by atoms with Crippen LogP contribution in [0.4, 0.5) is 0 Å². The molecule has 78 valence electrons. The Morgan fingerprint density at radius 2 is 2.00 bits per heavy atom. The van der Waals surface area contributed by atoms with Crippen molar-refractivity contribution in [3.8, 4) is 0 Å². The second kappa shape index (κ2) is 3.53. The van der Waals surface area contributed by atoms with Gasteiger partial charge in [0.15, 0.2) is 0 Å². The Hall–Kier alpha value is -0.170. The Bertz CT molecular complexity index is 275. The molecule has 0 radical (unpaired) electrons. The summed E-state index contributed by atoms with van der Waals surface area (Å²) in [4.78, 5) is 2.04. The molecular weight excluding hydrogens is 190 g/mol. The molecule has 0 amide bonds. The van der Waals surface area contributed by atoms with Crippen LogP contribution in [-0.4, -0.2) is 50.3 Å². The standard InChI is InChI=1S/C7H17N3O2S/c1-6-7(9(2)3)4-5-10(6)13(8,11)12/h6-7H,4-5H2,1-3H3,(H2,8,11,12). The normalized spacial score (nSPS) is 31.5. The summed E-state index contributed by atoms with van der Waals surface area (Å²) in [6, 6.07) is 0.253. The Morgan fingerprint density at radius 3 is 2.23 bits per heavy atom. The molecule has 0 bridgehead atoms. The maximum absolute atomic E-state index is 11.1. The van der Waals surface area contributed by atoms with Gasteiger partial charge in [0.05, 0.1) is 0 Å². The van der Waals surface area contributed by atoms with E-state index in [-0.39, 0.29) is 12.1 Å². The van der Waals surface area contributed by atoms with Crippen molar-refractivity contribution in [1.82, 2.24) is 9.21 Å². The van der Waals surface area contributed by atoms with E-state index in [0.29, 0.717) is 6.54 Å². The minimum absolute atomic E-state index is 0.0231. The fraction of sp³-hybridized carbons (Fsp3) is 1.00. The number of hydrogen-bond acceptors (Lipinski definition) is 3. The quantitative estimate of drug-likeness (QED) is 0.645. The lowest BCUT2D eigenvalue weighted by molar-refractivity contribution is 0.250. The first-order valence-corrected chi connectivity index (χ1v) is 5.80. The molecule has 2 N–H and O–H groups in total. The largest absolute Gasteiger partial charge is 0.305 e. The van der Waals surface area contributed by atoms with Gasteiger partial charge in [-0.05, 0) is 27.4 Å². The molecule has 13 heavy (non-hydrogen) atoms. The molecule has 0 aromatic rings. The third-order valence-electron chi connectivity index (χ3n) is 2.65. The Morgan fingerprint density at radius 1 is 1.46 bits per heavy atom. The molecule has 1 heterocycles. The van der Waals surface area contributed by atoms with Gasteiger partial charge >= 0.3 is 0 Å². The summed E-state index contributed by atoms with van der Waals surface area (Å²) < 4.78 is 23.6. The van der Waals surface area contributed by atoms with Gasteiger partial charge in [-0.1, -0.05) is 0 Å². The highest BCUT2D eigenvalue weighted by Crippen LogP contribution is 2.22. The fourth-order valence-corrected chi connectivity index (χ4v) is 2.91. The van der Waals surface area contributed by atoms with Crippen molar-refractivity contribution in [1.29, 1.82) is 0 Å². The summed E-state index contributed by atoms with van der Waals surface area (Å²) >= 11 is 0. The molecule has 0 aromatic heterocycles. The first-order valence-electron chi connectivity index (χ1n) is 4.30. The molecule has 2 atom stereocenters. The van der Waals surface area contributed by atoms with Crippen molar-refractivity contribution in [3.05, 3.63) is 0 Å². The molecule has 6 heteroatoms. The molecule has 5 nitrogen and oxygen atoms in total. The highest BCUT2D eigenvalue weighted by atomic mass is 32.2. The van der Waals surface area contributed by atoms with Crippen LogP contribution in [0.1, 0.15) is 13.3 Å². The topological polar surface area (TPSA) is 66.6 Å². The van der Waals surface area contributed by atoms with Crippen LogP contribution in [0, 0.1) is 0 Å². The smallest absolute Gasteiger partial charge is 0.277 e. The summed E-state index contributed by atoms with van der Waals surface area (Å²) in [6.07, 6.45) is 0.852. The number of nitrogens with two attached hydrogens (primary N) is 1. The number of likely N-dealkylation sites (N-methyl/N-ethyl adjacent to an activating group) is 1. The van der Waals surface area contributed by atoms with E-state index in [1.165, 1.54) is 4.31 Å². The molecule has 1 saturated heterocycles. The van der Waals surface area contributed by atoms with Gasteiger partial charge in [-0.25, -0.2) is 5.14 Å². The van der Waals surface area contributed by atoms with Crippen molar-refractivity contribution < 1.29 is 8.42 Å². The zero-order chi connectivity index (χ0) is 10.2. The number of rotatable bonds is 2. The van der Waals surface area contributed by atoms with E-state index in [1.807, 2.05) is 25.9 Å². The average molecular weight is 207 g/mol. The van der Waals surface area contributed by atoms with E-state index < -0.39 is 10.2 Å². The van der Waals surface area contributed by atoms with E-state index >= 15 is 0 Å². The van der Waals surface area contributed by atoms with Gasteiger partial charge in [0, 0.05) is 18.6 Å². The van der Waals surface area contributed by atoms with Gasteiger partial charge < -0.3 is 4.90 Å². The molecule has 0 aromatic carbocycles. The van der Waals surface area contributed by atoms with Crippen LogP contribution in [0.2, 0.25) is 0 Å². The maximum Gasteiger partial charge on any atom is 0.277 e. The van der Waals surface area contributed by atoms with Gasteiger partial charge in [-0.2, -0.15) is 12.7 Å². The Kier molecular flexibility index (Phi) is 2.96. The maximum atomic E-state index is 11.1. The van der Waals surface area contributed by atoms with E-state index in [4.69, 9.17) is 5.14 Å². The van der Waals surface area contributed by atoms with Crippen molar-refractivity contribution >= 4 is 10.2 Å². The molecule has 0 spiro atoms. The monoisotopic (exact) mass is 207 g/mol. The highest BCUT2D eigenvalue weighted by molar-refractivity contribution is 7.86. The van der Waals surface area contributed by atoms with Gasteiger partial charge in [0.25, 0.3) is 10.2 Å². The summed E-state index contributed by atoms with van der Waals surface area (Å²) in [5, 5.41) is 5.07. The molecule has 0 saturated carbocycles. The summed E-state index contributed by atoms with van der Waals surface area (Å²) in [5.41, 5.74) is 0. The van der Waals surface area contributed by atoms with Gasteiger partial charge in [0.1, 0.15) is 0 Å². The minimum atomic E-state index is -3.51. The molecule has 2 unspecified atom stereocenters. The second-order valence-electron chi connectivity index (χ2n) is 3.72. The van der Waals surface area contributed by atoms with Gasteiger partial charge in [-0.3, -0.25) is 0 Å². The van der Waals surface area contributed by atoms with Crippen LogP contribution in [0.25, 0.3) is 0 Å². The minimum Gasteiger partial charge on any atom is -0.305 e.